The van der Waals surface area contributed by atoms with Crippen molar-refractivity contribution >= 4 is 11.0 Å². The van der Waals surface area contributed by atoms with Crippen LogP contribution in [0, 0.1) is 11.6 Å². The number of nitrogens with zero attached hydrogens (tertiary/aromatic N) is 1. The lowest BCUT2D eigenvalue weighted by molar-refractivity contribution is 0.524. The molecule has 0 aliphatic rings. The fraction of sp³-hybridized carbons (Fsp3) is 0.235. The van der Waals surface area contributed by atoms with Crippen LogP contribution in [0.15, 0.2) is 36.7 Å². The molecule has 0 saturated carbocycles. The highest BCUT2D eigenvalue weighted by Crippen LogP contribution is 2.35. The van der Waals surface area contributed by atoms with Crippen molar-refractivity contribution in [2.75, 3.05) is 0 Å². The number of hydrogen-bond acceptors (Lipinski definition) is 1. The molecule has 0 unspecified atom stereocenters. The number of hydrogen-bond donors (Lipinski definition) is 1. The van der Waals surface area contributed by atoms with Crippen LogP contribution in [0.4, 0.5) is 8.78 Å². The van der Waals surface area contributed by atoms with E-state index >= 15 is 0 Å². The average Bonchev–Trinajstić information content (AvgIpc) is 2.86. The van der Waals surface area contributed by atoms with Crippen molar-refractivity contribution in [1.82, 2.24) is 9.97 Å². The molecule has 1 heterocycles. The van der Waals surface area contributed by atoms with Crippen molar-refractivity contribution in [3.63, 3.8) is 0 Å². The van der Waals surface area contributed by atoms with Crippen LogP contribution in [0.2, 0.25) is 0 Å². The minimum Gasteiger partial charge on any atom is -0.345 e. The van der Waals surface area contributed by atoms with Crippen LogP contribution in [0.1, 0.15) is 26.3 Å². The van der Waals surface area contributed by atoms with Gasteiger partial charge in [0, 0.05) is 11.1 Å². The van der Waals surface area contributed by atoms with Crippen LogP contribution in [-0.4, -0.2) is 9.97 Å². The molecule has 0 aliphatic heterocycles. The molecule has 108 valence electrons. The summed E-state index contributed by atoms with van der Waals surface area (Å²) in [5, 5.41) is 0. The number of rotatable bonds is 1. The Kier molecular flexibility index (Phi) is 3.04. The fourth-order valence-corrected chi connectivity index (χ4v) is 2.54. The molecule has 2 nitrogen and oxygen atoms in total. The number of benzene rings is 2. The van der Waals surface area contributed by atoms with E-state index in [1.165, 1.54) is 12.4 Å². The first kappa shape index (κ1) is 13.7. The van der Waals surface area contributed by atoms with E-state index < -0.39 is 5.82 Å². The highest BCUT2D eigenvalue weighted by atomic mass is 19.1. The van der Waals surface area contributed by atoms with E-state index in [0.29, 0.717) is 16.6 Å². The Morgan fingerprint density at radius 3 is 2.52 bits per heavy atom. The Hall–Kier alpha value is -2.23. The van der Waals surface area contributed by atoms with Gasteiger partial charge in [0.1, 0.15) is 11.6 Å². The molecule has 21 heavy (non-hydrogen) atoms. The van der Waals surface area contributed by atoms with Gasteiger partial charge in [-0.05, 0) is 23.1 Å². The largest absolute Gasteiger partial charge is 0.345 e. The van der Waals surface area contributed by atoms with E-state index in [1.54, 1.807) is 24.3 Å². The van der Waals surface area contributed by atoms with E-state index in [9.17, 15) is 8.78 Å². The van der Waals surface area contributed by atoms with Gasteiger partial charge >= 0.3 is 0 Å². The molecule has 0 atom stereocenters. The second-order valence-electron chi connectivity index (χ2n) is 6.14. The first-order valence-corrected chi connectivity index (χ1v) is 6.80. The maximum Gasteiger partial charge on any atom is 0.134 e. The van der Waals surface area contributed by atoms with Crippen molar-refractivity contribution < 1.29 is 8.78 Å². The number of halogens is 2. The Morgan fingerprint density at radius 1 is 1.05 bits per heavy atom. The second kappa shape index (κ2) is 4.65. The van der Waals surface area contributed by atoms with E-state index in [0.717, 1.165) is 0 Å². The molecule has 0 amide bonds. The predicted octanol–water partition coefficient (Wildman–Crippen LogP) is 4.81. The Labute approximate surface area is 121 Å². The maximum atomic E-state index is 14.9. The SMILES string of the molecule is CC(C)(C)c1cccc(-c2c(F)ccc3[nH]cnc23)c1F. The van der Waals surface area contributed by atoms with Crippen LogP contribution >= 0.6 is 0 Å². The molecule has 4 heteroatoms. The summed E-state index contributed by atoms with van der Waals surface area (Å²) in [6.07, 6.45) is 1.49. The summed E-state index contributed by atoms with van der Waals surface area (Å²) >= 11 is 0. The summed E-state index contributed by atoms with van der Waals surface area (Å²) in [7, 11) is 0. The van der Waals surface area contributed by atoms with Gasteiger partial charge in [-0.2, -0.15) is 0 Å². The monoisotopic (exact) mass is 286 g/mol. The van der Waals surface area contributed by atoms with Gasteiger partial charge in [-0.25, -0.2) is 13.8 Å². The minimum absolute atomic E-state index is 0.206. The quantitative estimate of drug-likeness (QED) is 0.683. The summed E-state index contributed by atoms with van der Waals surface area (Å²) in [6.45, 7) is 5.79. The smallest absolute Gasteiger partial charge is 0.134 e. The van der Waals surface area contributed by atoms with Crippen LogP contribution in [0.3, 0.4) is 0 Å². The lowest BCUT2D eigenvalue weighted by atomic mass is 9.84. The van der Waals surface area contributed by atoms with Crippen molar-refractivity contribution in [2.45, 2.75) is 26.2 Å². The number of fused-ring (bicyclic) bond motifs is 1. The molecule has 1 N–H and O–H groups in total. The maximum absolute atomic E-state index is 14.9. The van der Waals surface area contributed by atoms with Gasteiger partial charge < -0.3 is 4.98 Å². The zero-order valence-corrected chi connectivity index (χ0v) is 12.2. The van der Waals surface area contributed by atoms with E-state index in [4.69, 9.17) is 0 Å². The zero-order valence-electron chi connectivity index (χ0n) is 12.2. The van der Waals surface area contributed by atoms with E-state index in [1.807, 2.05) is 20.8 Å². The van der Waals surface area contributed by atoms with Gasteiger partial charge in [0.2, 0.25) is 0 Å². The van der Waals surface area contributed by atoms with Gasteiger partial charge in [0.15, 0.2) is 0 Å². The van der Waals surface area contributed by atoms with Crippen LogP contribution in [0.5, 0.6) is 0 Å². The van der Waals surface area contributed by atoms with Crippen LogP contribution in [-0.2, 0) is 5.41 Å². The third kappa shape index (κ3) is 2.20. The third-order valence-corrected chi connectivity index (χ3v) is 3.62. The Morgan fingerprint density at radius 2 is 1.81 bits per heavy atom. The molecule has 3 rings (SSSR count). The lowest BCUT2D eigenvalue weighted by Crippen LogP contribution is -2.14. The number of H-pyrrole nitrogens is 1. The standard InChI is InChI=1S/C17H16F2N2/c1-17(2,3)11-6-4-5-10(15(11)19)14-12(18)7-8-13-16(14)21-9-20-13/h4-9H,1-3H3,(H,20,21). The number of imidazole rings is 1. The summed E-state index contributed by atoms with van der Waals surface area (Å²) < 4.78 is 29.1. The van der Waals surface area contributed by atoms with Crippen molar-refractivity contribution in [2.24, 2.45) is 0 Å². The number of nitrogens with one attached hydrogen (secondary N) is 1. The average molecular weight is 286 g/mol. The minimum atomic E-state index is -0.473. The predicted molar refractivity (Wildman–Crippen MR) is 80.1 cm³/mol. The Bertz CT molecular complexity index is 813. The Balaban J connectivity index is 2.34. The van der Waals surface area contributed by atoms with Crippen LogP contribution in [0.25, 0.3) is 22.2 Å². The highest BCUT2D eigenvalue weighted by molar-refractivity contribution is 5.92. The molecule has 0 fully saturated rings. The van der Waals surface area contributed by atoms with Gasteiger partial charge in [-0.15, -0.1) is 0 Å². The molecule has 0 spiro atoms. The van der Waals surface area contributed by atoms with Crippen molar-refractivity contribution in [3.05, 3.63) is 53.9 Å². The summed E-state index contributed by atoms with van der Waals surface area (Å²) in [5.74, 6) is -0.862. The first-order chi connectivity index (χ1) is 9.89. The summed E-state index contributed by atoms with van der Waals surface area (Å²) in [4.78, 5) is 7.05. The fourth-order valence-electron chi connectivity index (χ4n) is 2.54. The summed E-state index contributed by atoms with van der Waals surface area (Å²) in [6, 6.07) is 8.02. The molecule has 0 radical (unpaired) electrons. The molecule has 2 aromatic carbocycles. The molecular weight excluding hydrogens is 270 g/mol. The molecule has 3 aromatic rings. The third-order valence-electron chi connectivity index (χ3n) is 3.62. The summed E-state index contributed by atoms with van der Waals surface area (Å²) in [5.41, 5.74) is 1.80. The van der Waals surface area contributed by atoms with Gasteiger partial charge in [0.25, 0.3) is 0 Å². The van der Waals surface area contributed by atoms with Crippen molar-refractivity contribution in [3.8, 4) is 11.1 Å². The van der Waals surface area contributed by atoms with Crippen molar-refractivity contribution in [1.29, 1.82) is 0 Å². The molecular formula is C17H16F2N2. The normalized spacial score (nSPS) is 12.0. The van der Waals surface area contributed by atoms with Gasteiger partial charge in [-0.3, -0.25) is 0 Å². The molecule has 0 aliphatic carbocycles. The molecule has 0 bridgehead atoms. The second-order valence-corrected chi connectivity index (χ2v) is 6.14. The lowest BCUT2D eigenvalue weighted by Gasteiger charge is -2.21. The topological polar surface area (TPSA) is 28.7 Å². The first-order valence-electron chi connectivity index (χ1n) is 6.80. The van der Waals surface area contributed by atoms with Gasteiger partial charge in [0.05, 0.1) is 17.4 Å². The van der Waals surface area contributed by atoms with Gasteiger partial charge in [-0.1, -0.05) is 39.0 Å². The molecule has 1 aromatic heterocycles. The highest BCUT2D eigenvalue weighted by Gasteiger charge is 2.23. The van der Waals surface area contributed by atoms with E-state index in [2.05, 4.69) is 9.97 Å². The number of aromatic amines is 1. The number of aromatic nitrogens is 2. The van der Waals surface area contributed by atoms with E-state index in [-0.39, 0.29) is 22.4 Å². The zero-order chi connectivity index (χ0) is 15.2. The molecule has 0 saturated heterocycles. The van der Waals surface area contributed by atoms with Crippen LogP contribution < -0.4 is 0 Å².